The molecule has 0 radical (unpaired) electrons. The number of nitrogens with one attached hydrogen (secondary N) is 1. The molecule has 0 aliphatic heterocycles. The van der Waals surface area contributed by atoms with Crippen molar-refractivity contribution < 1.29 is 17.9 Å². The van der Waals surface area contributed by atoms with E-state index in [0.29, 0.717) is 12.8 Å². The lowest BCUT2D eigenvalue weighted by atomic mass is 9.91. The van der Waals surface area contributed by atoms with Crippen molar-refractivity contribution in [2.24, 2.45) is 0 Å². The lowest BCUT2D eigenvalue weighted by Gasteiger charge is -2.31. The Labute approximate surface area is 93.2 Å². The second-order valence-electron chi connectivity index (χ2n) is 3.90. The van der Waals surface area contributed by atoms with Crippen LogP contribution >= 0.6 is 0 Å². The summed E-state index contributed by atoms with van der Waals surface area (Å²) in [6.07, 6.45) is 0.392. The van der Waals surface area contributed by atoms with Gasteiger partial charge < -0.3 is 5.11 Å². The van der Waals surface area contributed by atoms with Crippen LogP contribution < -0.4 is 4.72 Å². The molecule has 0 spiro atoms. The first-order valence-electron chi connectivity index (χ1n) is 4.93. The van der Waals surface area contributed by atoms with Crippen molar-refractivity contribution in [3.05, 3.63) is 30.1 Å². The van der Waals surface area contributed by atoms with E-state index in [-0.39, 0.29) is 10.9 Å². The first-order chi connectivity index (χ1) is 7.47. The van der Waals surface area contributed by atoms with Gasteiger partial charge in [-0.25, -0.2) is 17.5 Å². The molecule has 1 aliphatic rings. The number of sulfonamides is 1. The zero-order valence-corrected chi connectivity index (χ0v) is 9.24. The van der Waals surface area contributed by atoms with Gasteiger partial charge in [-0.15, -0.1) is 0 Å². The average Bonchev–Trinajstić information content (AvgIpc) is 2.15. The highest BCUT2D eigenvalue weighted by molar-refractivity contribution is 7.89. The summed E-state index contributed by atoms with van der Waals surface area (Å²) in [5.41, 5.74) is 0. The standard InChI is InChI=1S/C10H12FNO3S/c11-7-2-1-3-10(4-7)16(14,15)12-8-5-9(13)6-8/h1-4,8-9,12-13H,5-6H2. The monoisotopic (exact) mass is 245 g/mol. The van der Waals surface area contributed by atoms with Gasteiger partial charge in [-0.3, -0.25) is 0 Å². The van der Waals surface area contributed by atoms with E-state index >= 15 is 0 Å². The number of halogens is 1. The molecule has 88 valence electrons. The molecule has 0 amide bonds. The summed E-state index contributed by atoms with van der Waals surface area (Å²) >= 11 is 0. The Morgan fingerprint density at radius 3 is 2.62 bits per heavy atom. The minimum absolute atomic E-state index is 0.0890. The van der Waals surface area contributed by atoms with Crippen molar-refractivity contribution in [2.75, 3.05) is 0 Å². The molecule has 0 unspecified atom stereocenters. The third-order valence-electron chi connectivity index (χ3n) is 2.54. The van der Waals surface area contributed by atoms with E-state index in [1.807, 2.05) is 0 Å². The molecular weight excluding hydrogens is 233 g/mol. The summed E-state index contributed by atoms with van der Waals surface area (Å²) in [4.78, 5) is -0.0890. The smallest absolute Gasteiger partial charge is 0.240 e. The molecule has 6 heteroatoms. The second kappa shape index (κ2) is 4.12. The molecule has 0 heterocycles. The summed E-state index contributed by atoms with van der Waals surface area (Å²) in [5, 5.41) is 9.04. The number of aliphatic hydroxyl groups is 1. The van der Waals surface area contributed by atoms with Crippen LogP contribution in [0.2, 0.25) is 0 Å². The molecule has 4 nitrogen and oxygen atoms in total. The van der Waals surface area contributed by atoms with Crippen LogP contribution in [0.25, 0.3) is 0 Å². The summed E-state index contributed by atoms with van der Waals surface area (Å²) in [6, 6.07) is 4.59. The van der Waals surface area contributed by atoms with Gasteiger partial charge in [-0.05, 0) is 31.0 Å². The van der Waals surface area contributed by atoms with E-state index < -0.39 is 21.9 Å². The SMILES string of the molecule is O=S(=O)(NC1CC(O)C1)c1cccc(F)c1. The third kappa shape index (κ3) is 2.40. The number of aliphatic hydroxyl groups excluding tert-OH is 1. The Bertz CT molecular complexity index is 483. The van der Waals surface area contributed by atoms with E-state index in [0.717, 1.165) is 6.07 Å². The molecule has 1 aromatic rings. The number of hydrogen-bond donors (Lipinski definition) is 2. The number of hydrogen-bond acceptors (Lipinski definition) is 3. The quantitative estimate of drug-likeness (QED) is 0.820. The predicted molar refractivity (Wildman–Crippen MR) is 55.8 cm³/mol. The van der Waals surface area contributed by atoms with Gasteiger partial charge in [-0.1, -0.05) is 6.07 Å². The summed E-state index contributed by atoms with van der Waals surface area (Å²) < 4.78 is 38.7. The molecular formula is C10H12FNO3S. The minimum atomic E-state index is -3.67. The van der Waals surface area contributed by atoms with Gasteiger partial charge in [0.05, 0.1) is 11.0 Å². The molecule has 0 aromatic heterocycles. The first-order valence-corrected chi connectivity index (χ1v) is 6.41. The van der Waals surface area contributed by atoms with Gasteiger partial charge in [0.25, 0.3) is 0 Å². The highest BCUT2D eigenvalue weighted by atomic mass is 32.2. The minimum Gasteiger partial charge on any atom is -0.393 e. The van der Waals surface area contributed by atoms with Crippen molar-refractivity contribution in [2.45, 2.75) is 29.9 Å². The molecule has 2 N–H and O–H groups in total. The van der Waals surface area contributed by atoms with Crippen molar-refractivity contribution in [1.29, 1.82) is 0 Å². The fourth-order valence-corrected chi connectivity index (χ4v) is 2.90. The largest absolute Gasteiger partial charge is 0.393 e. The summed E-state index contributed by atoms with van der Waals surface area (Å²) in [7, 11) is -3.67. The zero-order chi connectivity index (χ0) is 11.8. The molecule has 16 heavy (non-hydrogen) atoms. The van der Waals surface area contributed by atoms with Crippen molar-refractivity contribution in [3.8, 4) is 0 Å². The topological polar surface area (TPSA) is 66.4 Å². The number of rotatable bonds is 3. The molecule has 0 atom stereocenters. The van der Waals surface area contributed by atoms with Crippen LogP contribution in [-0.4, -0.2) is 25.7 Å². The van der Waals surface area contributed by atoms with Gasteiger partial charge in [0.1, 0.15) is 5.82 Å². The van der Waals surface area contributed by atoms with Crippen molar-refractivity contribution >= 4 is 10.0 Å². The van der Waals surface area contributed by atoms with Crippen LogP contribution in [0.1, 0.15) is 12.8 Å². The molecule has 1 aliphatic carbocycles. The second-order valence-corrected chi connectivity index (χ2v) is 5.61. The van der Waals surface area contributed by atoms with Crippen LogP contribution in [0.3, 0.4) is 0 Å². The highest BCUT2D eigenvalue weighted by Crippen LogP contribution is 2.22. The first kappa shape index (κ1) is 11.5. The van der Waals surface area contributed by atoms with Crippen LogP contribution in [-0.2, 0) is 10.0 Å². The lowest BCUT2D eigenvalue weighted by molar-refractivity contribution is 0.0712. The Morgan fingerprint density at radius 2 is 2.06 bits per heavy atom. The number of benzene rings is 1. The van der Waals surface area contributed by atoms with Crippen LogP contribution in [0.4, 0.5) is 4.39 Å². The summed E-state index contributed by atoms with van der Waals surface area (Å²) in [6.45, 7) is 0. The highest BCUT2D eigenvalue weighted by Gasteiger charge is 2.31. The van der Waals surface area contributed by atoms with Crippen LogP contribution in [0.15, 0.2) is 29.2 Å². The fraction of sp³-hybridized carbons (Fsp3) is 0.400. The van der Waals surface area contributed by atoms with Gasteiger partial charge in [0.15, 0.2) is 0 Å². The maximum atomic E-state index is 12.9. The van der Waals surface area contributed by atoms with Crippen molar-refractivity contribution in [1.82, 2.24) is 4.72 Å². The van der Waals surface area contributed by atoms with Gasteiger partial charge in [0.2, 0.25) is 10.0 Å². The Kier molecular flexibility index (Phi) is 2.96. The van der Waals surface area contributed by atoms with E-state index in [9.17, 15) is 12.8 Å². The molecule has 0 bridgehead atoms. The van der Waals surface area contributed by atoms with E-state index in [4.69, 9.17) is 5.11 Å². The molecule has 0 saturated heterocycles. The zero-order valence-electron chi connectivity index (χ0n) is 8.43. The lowest BCUT2D eigenvalue weighted by Crippen LogP contribution is -2.46. The van der Waals surface area contributed by atoms with Crippen molar-refractivity contribution in [3.63, 3.8) is 0 Å². The Balaban J connectivity index is 2.13. The van der Waals surface area contributed by atoms with E-state index in [1.165, 1.54) is 18.2 Å². The fourth-order valence-electron chi connectivity index (χ4n) is 1.61. The molecule has 2 rings (SSSR count). The predicted octanol–water partition coefficient (Wildman–Crippen LogP) is 0.627. The normalized spacial score (nSPS) is 25.1. The van der Waals surface area contributed by atoms with Gasteiger partial charge >= 0.3 is 0 Å². The Hall–Kier alpha value is -0.980. The third-order valence-corrected chi connectivity index (χ3v) is 4.06. The summed E-state index contributed by atoms with van der Waals surface area (Å²) in [5.74, 6) is -0.587. The maximum absolute atomic E-state index is 12.9. The maximum Gasteiger partial charge on any atom is 0.240 e. The van der Waals surface area contributed by atoms with Gasteiger partial charge in [0, 0.05) is 6.04 Å². The molecule has 1 saturated carbocycles. The van der Waals surface area contributed by atoms with Crippen LogP contribution in [0.5, 0.6) is 0 Å². The van der Waals surface area contributed by atoms with Crippen LogP contribution in [0, 0.1) is 5.82 Å². The molecule has 1 aromatic carbocycles. The van der Waals surface area contributed by atoms with E-state index in [2.05, 4.69) is 4.72 Å². The van der Waals surface area contributed by atoms with E-state index in [1.54, 1.807) is 0 Å². The van der Waals surface area contributed by atoms with Gasteiger partial charge in [-0.2, -0.15) is 0 Å². The average molecular weight is 245 g/mol. The Morgan fingerprint density at radius 1 is 1.38 bits per heavy atom. The molecule has 1 fully saturated rings.